The molecule has 0 radical (unpaired) electrons. The van der Waals surface area contributed by atoms with Gasteiger partial charge in [0.05, 0.1) is 11.3 Å². The quantitative estimate of drug-likeness (QED) is 0.624. The van der Waals surface area contributed by atoms with Crippen LogP contribution in [0.25, 0.3) is 22.4 Å². The molecule has 0 fully saturated rings. The van der Waals surface area contributed by atoms with E-state index in [0.29, 0.717) is 10.8 Å². The van der Waals surface area contributed by atoms with Crippen molar-refractivity contribution in [3.63, 3.8) is 0 Å². The molecule has 0 bridgehead atoms. The van der Waals surface area contributed by atoms with Crippen molar-refractivity contribution in [2.75, 3.05) is 5.73 Å². The summed E-state index contributed by atoms with van der Waals surface area (Å²) in [5, 5.41) is 7.85. The molecule has 0 aliphatic rings. The Balaban J connectivity index is 2.24. The van der Waals surface area contributed by atoms with Gasteiger partial charge in [0.25, 0.3) is 0 Å². The summed E-state index contributed by atoms with van der Waals surface area (Å²) in [5.74, 6) is 0.488. The molecular weight excluding hydrogens is 385 g/mol. The zero-order chi connectivity index (χ0) is 14.1. The fourth-order valence-electron chi connectivity index (χ4n) is 2.14. The van der Waals surface area contributed by atoms with E-state index in [2.05, 4.69) is 32.8 Å². The Kier molecular flexibility index (Phi) is 3.67. The van der Waals surface area contributed by atoms with E-state index in [4.69, 9.17) is 17.3 Å². The summed E-state index contributed by atoms with van der Waals surface area (Å²) in [7, 11) is 0. The number of nitrogens with zero attached hydrogens (tertiary/aromatic N) is 1. The van der Waals surface area contributed by atoms with E-state index in [9.17, 15) is 0 Å². The second-order valence-corrected chi connectivity index (χ2v) is 5.95. The third kappa shape index (κ3) is 2.41. The average molecular weight is 396 g/mol. The van der Waals surface area contributed by atoms with Gasteiger partial charge < -0.3 is 5.73 Å². The standard InChI is InChI=1S/C15H11ClIN3/c16-10-6-7-12(17)11(8-10)14-13(15(18)20-19-14)9-4-2-1-3-5-9/h1-8H,(H3,18,19,20). The fraction of sp³-hybridized carbons (Fsp3) is 0. The average Bonchev–Trinajstić information content (AvgIpc) is 2.84. The van der Waals surface area contributed by atoms with Gasteiger partial charge in [0.15, 0.2) is 5.82 Å². The van der Waals surface area contributed by atoms with Crippen LogP contribution in [0.5, 0.6) is 0 Å². The number of nitrogens with one attached hydrogen (secondary N) is 1. The van der Waals surface area contributed by atoms with Crippen LogP contribution < -0.4 is 5.73 Å². The summed E-state index contributed by atoms with van der Waals surface area (Å²) in [6.45, 7) is 0. The molecule has 0 saturated heterocycles. The van der Waals surface area contributed by atoms with Crippen molar-refractivity contribution in [2.24, 2.45) is 0 Å². The summed E-state index contributed by atoms with van der Waals surface area (Å²) in [6.07, 6.45) is 0. The van der Waals surface area contributed by atoms with Gasteiger partial charge in [0.1, 0.15) is 0 Å². The maximum Gasteiger partial charge on any atom is 0.153 e. The first kappa shape index (κ1) is 13.5. The summed E-state index contributed by atoms with van der Waals surface area (Å²) >= 11 is 8.38. The van der Waals surface area contributed by atoms with Crippen molar-refractivity contribution >= 4 is 40.0 Å². The van der Waals surface area contributed by atoms with E-state index in [1.807, 2.05) is 48.5 Å². The maximum absolute atomic E-state index is 6.10. The summed E-state index contributed by atoms with van der Waals surface area (Å²) in [4.78, 5) is 0. The highest BCUT2D eigenvalue weighted by Gasteiger charge is 2.16. The smallest absolute Gasteiger partial charge is 0.153 e. The first-order valence-corrected chi connectivity index (χ1v) is 7.47. The molecule has 3 aromatic rings. The number of nitrogen functional groups attached to an aromatic ring is 1. The molecule has 3 nitrogen and oxygen atoms in total. The lowest BCUT2D eigenvalue weighted by atomic mass is 10.0. The van der Waals surface area contributed by atoms with E-state index in [1.165, 1.54) is 0 Å². The van der Waals surface area contributed by atoms with Crippen LogP contribution in [-0.2, 0) is 0 Å². The molecule has 20 heavy (non-hydrogen) atoms. The van der Waals surface area contributed by atoms with Crippen LogP contribution in [-0.4, -0.2) is 10.2 Å². The van der Waals surface area contributed by atoms with Crippen molar-refractivity contribution in [3.8, 4) is 22.4 Å². The van der Waals surface area contributed by atoms with Gasteiger partial charge in [-0.25, -0.2) is 0 Å². The lowest BCUT2D eigenvalue weighted by Crippen LogP contribution is -1.89. The largest absolute Gasteiger partial charge is 0.382 e. The number of aromatic amines is 1. The second-order valence-electron chi connectivity index (χ2n) is 4.35. The molecule has 0 aliphatic carbocycles. The molecule has 0 aliphatic heterocycles. The Morgan fingerprint density at radius 2 is 1.85 bits per heavy atom. The van der Waals surface area contributed by atoms with Crippen LogP contribution in [0.2, 0.25) is 5.02 Å². The lowest BCUT2D eigenvalue weighted by molar-refractivity contribution is 1.10. The van der Waals surface area contributed by atoms with E-state index < -0.39 is 0 Å². The van der Waals surface area contributed by atoms with Crippen molar-refractivity contribution in [1.29, 1.82) is 0 Å². The van der Waals surface area contributed by atoms with Gasteiger partial charge in [-0.05, 0) is 46.4 Å². The Bertz CT molecular complexity index is 753. The zero-order valence-electron chi connectivity index (χ0n) is 10.4. The highest BCUT2D eigenvalue weighted by Crippen LogP contribution is 2.37. The highest BCUT2D eigenvalue weighted by molar-refractivity contribution is 14.1. The molecule has 2 aromatic carbocycles. The van der Waals surface area contributed by atoms with Crippen LogP contribution in [0.3, 0.4) is 0 Å². The molecule has 0 spiro atoms. The Morgan fingerprint density at radius 1 is 1.10 bits per heavy atom. The number of halogens is 2. The SMILES string of the molecule is Nc1n[nH]c(-c2cc(Cl)ccc2I)c1-c1ccccc1. The Labute approximate surface area is 135 Å². The monoisotopic (exact) mass is 395 g/mol. The number of aromatic nitrogens is 2. The third-order valence-electron chi connectivity index (χ3n) is 3.05. The molecule has 0 amide bonds. The molecule has 0 unspecified atom stereocenters. The van der Waals surface area contributed by atoms with E-state index in [0.717, 1.165) is 26.0 Å². The number of benzene rings is 2. The number of rotatable bonds is 2. The van der Waals surface area contributed by atoms with E-state index >= 15 is 0 Å². The molecule has 100 valence electrons. The van der Waals surface area contributed by atoms with Crippen molar-refractivity contribution in [2.45, 2.75) is 0 Å². The summed E-state index contributed by atoms with van der Waals surface area (Å²) in [6, 6.07) is 15.7. The molecule has 1 heterocycles. The number of hydrogen-bond acceptors (Lipinski definition) is 2. The maximum atomic E-state index is 6.10. The molecule has 3 N–H and O–H groups in total. The minimum atomic E-state index is 0.488. The second kappa shape index (κ2) is 5.46. The van der Waals surface area contributed by atoms with Crippen LogP contribution >= 0.6 is 34.2 Å². The van der Waals surface area contributed by atoms with Crippen LogP contribution in [0.15, 0.2) is 48.5 Å². The minimum absolute atomic E-state index is 0.488. The molecule has 5 heteroatoms. The zero-order valence-corrected chi connectivity index (χ0v) is 13.3. The predicted molar refractivity (Wildman–Crippen MR) is 91.6 cm³/mol. The number of H-pyrrole nitrogens is 1. The predicted octanol–water partition coefficient (Wildman–Crippen LogP) is 4.58. The van der Waals surface area contributed by atoms with E-state index in [1.54, 1.807) is 0 Å². The Morgan fingerprint density at radius 3 is 2.60 bits per heavy atom. The third-order valence-corrected chi connectivity index (χ3v) is 4.23. The van der Waals surface area contributed by atoms with Gasteiger partial charge >= 0.3 is 0 Å². The normalized spacial score (nSPS) is 10.7. The molecule has 0 saturated carbocycles. The van der Waals surface area contributed by atoms with Gasteiger partial charge in [-0.3, -0.25) is 5.10 Å². The first-order valence-electron chi connectivity index (χ1n) is 6.01. The van der Waals surface area contributed by atoms with Crippen molar-refractivity contribution < 1.29 is 0 Å². The van der Waals surface area contributed by atoms with Crippen molar-refractivity contribution in [1.82, 2.24) is 10.2 Å². The Hall–Kier alpha value is -1.53. The van der Waals surface area contributed by atoms with Gasteiger partial charge in [-0.15, -0.1) is 0 Å². The van der Waals surface area contributed by atoms with Gasteiger partial charge in [0.2, 0.25) is 0 Å². The van der Waals surface area contributed by atoms with Crippen LogP contribution in [0.4, 0.5) is 5.82 Å². The van der Waals surface area contributed by atoms with Crippen LogP contribution in [0, 0.1) is 3.57 Å². The molecule has 3 rings (SSSR count). The minimum Gasteiger partial charge on any atom is -0.382 e. The molecular formula is C15H11ClIN3. The molecule has 0 atom stereocenters. The number of nitrogens with two attached hydrogens (primary N) is 1. The topological polar surface area (TPSA) is 54.7 Å². The van der Waals surface area contributed by atoms with Gasteiger partial charge in [-0.1, -0.05) is 41.9 Å². The fourth-order valence-corrected chi connectivity index (χ4v) is 2.91. The molecule has 1 aromatic heterocycles. The van der Waals surface area contributed by atoms with Crippen molar-refractivity contribution in [3.05, 3.63) is 57.1 Å². The number of anilines is 1. The lowest BCUT2D eigenvalue weighted by Gasteiger charge is -2.07. The summed E-state index contributed by atoms with van der Waals surface area (Å²) < 4.78 is 1.09. The van der Waals surface area contributed by atoms with E-state index in [-0.39, 0.29) is 0 Å². The first-order chi connectivity index (χ1) is 9.66. The van der Waals surface area contributed by atoms with Gasteiger partial charge in [0, 0.05) is 14.2 Å². The number of hydrogen-bond donors (Lipinski definition) is 2. The highest BCUT2D eigenvalue weighted by atomic mass is 127. The summed E-state index contributed by atoms with van der Waals surface area (Å²) in [5.41, 5.74) is 9.85. The van der Waals surface area contributed by atoms with Crippen LogP contribution in [0.1, 0.15) is 0 Å². The van der Waals surface area contributed by atoms with Gasteiger partial charge in [-0.2, -0.15) is 5.10 Å².